The van der Waals surface area contributed by atoms with Crippen LogP contribution in [0.3, 0.4) is 0 Å². The summed E-state index contributed by atoms with van der Waals surface area (Å²) in [7, 11) is 0. The molecule has 0 atom stereocenters. The summed E-state index contributed by atoms with van der Waals surface area (Å²) in [5.41, 5.74) is -0.0359. The molecule has 0 aromatic heterocycles. The predicted octanol–water partition coefficient (Wildman–Crippen LogP) is 0.750. The van der Waals surface area contributed by atoms with Gasteiger partial charge in [-0.25, -0.2) is 0 Å². The zero-order valence-electron chi connectivity index (χ0n) is 5.46. The van der Waals surface area contributed by atoms with Crippen LogP contribution in [0.2, 0.25) is 0 Å². The third-order valence-corrected chi connectivity index (χ3v) is 1.54. The normalized spacial score (nSPS) is 19.4. The molecule has 1 N–H and O–H groups in total. The highest BCUT2D eigenvalue weighted by Crippen LogP contribution is 2.15. The third kappa shape index (κ3) is 1.07. The Kier molecular flexibility index (Phi) is 1.85. The highest BCUT2D eigenvalue weighted by atomic mass is 16.2. The summed E-state index contributed by atoms with van der Waals surface area (Å²) < 4.78 is 0. The molecule has 1 saturated carbocycles. The highest BCUT2D eigenvalue weighted by molar-refractivity contribution is 6.21. The van der Waals surface area contributed by atoms with Crippen LogP contribution in [-0.2, 0) is 9.59 Å². The number of allylic oxidation sites excluding steroid dienone is 1. The Morgan fingerprint density at radius 1 is 1.20 bits per heavy atom. The summed E-state index contributed by atoms with van der Waals surface area (Å²) in [4.78, 5) is 21.6. The molecule has 0 heterocycles. The largest absolute Gasteiger partial charge is 0.515 e. The van der Waals surface area contributed by atoms with E-state index in [1.54, 1.807) is 0 Å². The van der Waals surface area contributed by atoms with Crippen molar-refractivity contribution in [2.24, 2.45) is 0 Å². The molecule has 3 heteroatoms. The van der Waals surface area contributed by atoms with Gasteiger partial charge >= 0.3 is 0 Å². The van der Waals surface area contributed by atoms with Gasteiger partial charge in [-0.3, -0.25) is 9.59 Å². The molecular formula is C7H8O3. The predicted molar refractivity (Wildman–Crippen MR) is 34.6 cm³/mol. The van der Waals surface area contributed by atoms with Gasteiger partial charge in [-0.15, -0.1) is 0 Å². The summed E-state index contributed by atoms with van der Waals surface area (Å²) in [5, 5.41) is 8.43. The lowest BCUT2D eigenvalue weighted by atomic mass is 9.93. The summed E-state index contributed by atoms with van der Waals surface area (Å²) in [6.07, 6.45) is 2.01. The number of hydrogen-bond acceptors (Lipinski definition) is 3. The van der Waals surface area contributed by atoms with Crippen molar-refractivity contribution in [3.63, 3.8) is 0 Å². The lowest BCUT2D eigenvalue weighted by Crippen LogP contribution is -2.18. The molecule has 0 radical (unpaired) electrons. The number of aliphatic hydroxyl groups is 1. The molecule has 0 unspecified atom stereocenters. The van der Waals surface area contributed by atoms with Crippen molar-refractivity contribution in [3.8, 4) is 0 Å². The molecule has 1 aliphatic rings. The smallest absolute Gasteiger partial charge is 0.169 e. The Morgan fingerprint density at radius 3 is 2.00 bits per heavy atom. The third-order valence-electron chi connectivity index (χ3n) is 1.54. The molecular weight excluding hydrogens is 132 g/mol. The quantitative estimate of drug-likeness (QED) is 0.307. The molecule has 0 spiro atoms. The Hall–Kier alpha value is -1.12. The van der Waals surface area contributed by atoms with Crippen molar-refractivity contribution in [1.82, 2.24) is 0 Å². The van der Waals surface area contributed by atoms with Gasteiger partial charge in [-0.05, 0) is 6.42 Å². The van der Waals surface area contributed by atoms with E-state index in [0.29, 0.717) is 25.5 Å². The van der Waals surface area contributed by atoms with Crippen LogP contribution in [0.25, 0.3) is 0 Å². The van der Waals surface area contributed by atoms with Crippen molar-refractivity contribution in [2.75, 3.05) is 0 Å². The second-order valence-corrected chi connectivity index (χ2v) is 2.24. The molecule has 1 aliphatic carbocycles. The van der Waals surface area contributed by atoms with Gasteiger partial charge in [-0.2, -0.15) is 0 Å². The fraction of sp³-hybridized carbons (Fsp3) is 0.429. The minimum Gasteiger partial charge on any atom is -0.515 e. The summed E-state index contributed by atoms with van der Waals surface area (Å²) in [6.45, 7) is 0. The first-order valence-electron chi connectivity index (χ1n) is 3.16. The number of rotatable bonds is 0. The van der Waals surface area contributed by atoms with Gasteiger partial charge in [-0.1, -0.05) is 0 Å². The van der Waals surface area contributed by atoms with Gasteiger partial charge in [0.05, 0.1) is 11.8 Å². The summed E-state index contributed by atoms with van der Waals surface area (Å²) >= 11 is 0. The molecule has 0 aliphatic heterocycles. The maximum Gasteiger partial charge on any atom is 0.169 e. The average molecular weight is 140 g/mol. The van der Waals surface area contributed by atoms with E-state index in [1.165, 1.54) is 0 Å². The zero-order chi connectivity index (χ0) is 7.56. The van der Waals surface area contributed by atoms with Crippen LogP contribution in [0.15, 0.2) is 11.8 Å². The summed E-state index contributed by atoms with van der Waals surface area (Å²) in [5.74, 6) is -0.475. The van der Waals surface area contributed by atoms with Crippen molar-refractivity contribution < 1.29 is 14.7 Å². The SMILES string of the molecule is O=C1CCCC(=O)C1=CO. The Balaban J connectivity index is 2.83. The topological polar surface area (TPSA) is 54.4 Å². The van der Waals surface area contributed by atoms with Gasteiger partial charge < -0.3 is 5.11 Å². The molecule has 10 heavy (non-hydrogen) atoms. The van der Waals surface area contributed by atoms with Gasteiger partial charge in [0.25, 0.3) is 0 Å². The first-order chi connectivity index (χ1) is 4.75. The van der Waals surface area contributed by atoms with Crippen molar-refractivity contribution in [3.05, 3.63) is 11.8 Å². The van der Waals surface area contributed by atoms with Crippen LogP contribution in [-0.4, -0.2) is 16.7 Å². The van der Waals surface area contributed by atoms with E-state index in [0.717, 1.165) is 0 Å². The van der Waals surface area contributed by atoms with E-state index in [1.807, 2.05) is 0 Å². The second kappa shape index (κ2) is 2.64. The van der Waals surface area contributed by atoms with Crippen LogP contribution in [0.5, 0.6) is 0 Å². The molecule has 1 fully saturated rings. The monoisotopic (exact) mass is 140 g/mol. The number of carbonyl (C=O) groups is 2. The van der Waals surface area contributed by atoms with Gasteiger partial charge in [0.1, 0.15) is 0 Å². The maximum absolute atomic E-state index is 10.8. The van der Waals surface area contributed by atoms with Crippen LogP contribution >= 0.6 is 0 Å². The van der Waals surface area contributed by atoms with E-state index in [2.05, 4.69) is 0 Å². The fourth-order valence-electron chi connectivity index (χ4n) is 0.978. The van der Waals surface area contributed by atoms with E-state index in [-0.39, 0.29) is 17.1 Å². The highest BCUT2D eigenvalue weighted by Gasteiger charge is 2.22. The van der Waals surface area contributed by atoms with Gasteiger partial charge in [0.2, 0.25) is 0 Å². The molecule has 0 saturated heterocycles. The second-order valence-electron chi connectivity index (χ2n) is 2.24. The van der Waals surface area contributed by atoms with Crippen LogP contribution in [0.1, 0.15) is 19.3 Å². The minimum absolute atomic E-state index is 0.0359. The van der Waals surface area contributed by atoms with Gasteiger partial charge in [0.15, 0.2) is 11.6 Å². The zero-order valence-corrected chi connectivity index (χ0v) is 5.46. The average Bonchev–Trinajstić information content (AvgIpc) is 1.88. The Morgan fingerprint density at radius 2 is 1.70 bits per heavy atom. The number of aliphatic hydroxyl groups excluding tert-OH is 1. The molecule has 1 rings (SSSR count). The first-order valence-corrected chi connectivity index (χ1v) is 3.16. The van der Waals surface area contributed by atoms with E-state index < -0.39 is 0 Å². The maximum atomic E-state index is 10.8. The minimum atomic E-state index is -0.237. The number of ketones is 2. The molecule has 3 nitrogen and oxygen atoms in total. The summed E-state index contributed by atoms with van der Waals surface area (Å²) in [6, 6.07) is 0. The Labute approximate surface area is 58.4 Å². The van der Waals surface area contributed by atoms with E-state index >= 15 is 0 Å². The van der Waals surface area contributed by atoms with Crippen LogP contribution < -0.4 is 0 Å². The number of Topliss-reactive ketones (excluding diaryl/α,β-unsaturated/α-hetero) is 2. The molecule has 54 valence electrons. The van der Waals surface area contributed by atoms with Crippen molar-refractivity contribution >= 4 is 11.6 Å². The van der Waals surface area contributed by atoms with Crippen molar-refractivity contribution in [1.29, 1.82) is 0 Å². The lowest BCUT2D eigenvalue weighted by Gasteiger charge is -2.08. The van der Waals surface area contributed by atoms with E-state index in [9.17, 15) is 9.59 Å². The molecule has 0 amide bonds. The molecule has 0 aromatic rings. The number of hydrogen-bond donors (Lipinski definition) is 1. The fourth-order valence-corrected chi connectivity index (χ4v) is 0.978. The van der Waals surface area contributed by atoms with E-state index in [4.69, 9.17) is 5.11 Å². The first kappa shape index (κ1) is 6.99. The van der Waals surface area contributed by atoms with Crippen molar-refractivity contribution in [2.45, 2.75) is 19.3 Å². The van der Waals surface area contributed by atoms with Crippen LogP contribution in [0.4, 0.5) is 0 Å². The number of carbonyl (C=O) groups excluding carboxylic acids is 2. The standard InChI is InChI=1S/C7H8O3/c8-4-5-6(9)2-1-3-7(5)10/h4,8H,1-3H2. The Bertz CT molecular complexity index is 185. The molecule has 0 aromatic carbocycles. The lowest BCUT2D eigenvalue weighted by molar-refractivity contribution is -0.123. The van der Waals surface area contributed by atoms with Gasteiger partial charge in [0, 0.05) is 12.8 Å². The van der Waals surface area contributed by atoms with Crippen LogP contribution in [0, 0.1) is 0 Å². The molecule has 0 bridgehead atoms.